The van der Waals surface area contributed by atoms with E-state index in [0.717, 1.165) is 56.4 Å². The Hall–Kier alpha value is -6.19. The molecule has 0 amide bonds. The van der Waals surface area contributed by atoms with E-state index < -0.39 is 5.41 Å². The number of para-hydroxylation sites is 1. The van der Waals surface area contributed by atoms with Gasteiger partial charge in [0.05, 0.1) is 17.2 Å². The molecule has 0 fully saturated rings. The van der Waals surface area contributed by atoms with Crippen molar-refractivity contribution in [3.8, 4) is 22.6 Å². The van der Waals surface area contributed by atoms with Crippen molar-refractivity contribution < 1.29 is 4.74 Å². The van der Waals surface area contributed by atoms with Crippen LogP contribution in [0.4, 0.5) is 0 Å². The summed E-state index contributed by atoms with van der Waals surface area (Å²) in [4.78, 5) is 5.19. The summed E-state index contributed by atoms with van der Waals surface area (Å²) in [7, 11) is 0. The third kappa shape index (κ3) is 4.47. The van der Waals surface area contributed by atoms with Gasteiger partial charge in [0.15, 0.2) is 0 Å². The minimum absolute atomic E-state index is 0.0631. The van der Waals surface area contributed by atoms with Crippen LogP contribution in [0.3, 0.4) is 0 Å². The van der Waals surface area contributed by atoms with Crippen molar-refractivity contribution >= 4 is 11.5 Å². The summed E-state index contributed by atoms with van der Waals surface area (Å²) in [6, 6.07) is 55.9. The van der Waals surface area contributed by atoms with Crippen LogP contribution < -0.4 is 10.1 Å². The number of rotatable bonds is 5. The van der Waals surface area contributed by atoms with E-state index in [1.54, 1.807) is 0 Å². The van der Waals surface area contributed by atoms with Crippen LogP contribution in [0.15, 0.2) is 193 Å². The van der Waals surface area contributed by atoms with Crippen LogP contribution in [-0.2, 0) is 5.41 Å². The summed E-state index contributed by atoms with van der Waals surface area (Å²) in [6.07, 6.45) is 8.55. The molecular formula is C45H32N2O. The molecular weight excluding hydrogens is 585 g/mol. The molecule has 1 aliphatic carbocycles. The Bertz CT molecular complexity index is 2220. The maximum Gasteiger partial charge on any atom is 0.134 e. The normalized spacial score (nSPS) is 16.9. The minimum Gasteiger partial charge on any atom is -0.457 e. The van der Waals surface area contributed by atoms with Crippen LogP contribution in [0.1, 0.15) is 33.4 Å². The highest BCUT2D eigenvalue weighted by molar-refractivity contribution is 6.04. The van der Waals surface area contributed by atoms with Gasteiger partial charge in [-0.05, 0) is 34.4 Å². The van der Waals surface area contributed by atoms with Gasteiger partial charge in [0.25, 0.3) is 0 Å². The molecule has 9 rings (SSSR count). The molecule has 0 saturated carbocycles. The summed E-state index contributed by atoms with van der Waals surface area (Å²) < 4.78 is 6.72. The van der Waals surface area contributed by atoms with Gasteiger partial charge in [0.2, 0.25) is 0 Å². The first-order valence-corrected chi connectivity index (χ1v) is 16.4. The predicted octanol–water partition coefficient (Wildman–Crippen LogP) is 10.1. The molecule has 0 saturated heterocycles. The SMILES string of the molecule is C1=CC2=C(c3ccc(-c4cccc5c4C(c4ccccc4)(c4ccccc4)c4ccccc4O5)cc3)N=C(c3ccccc3)NC2C=C1. The average molecular weight is 617 g/mol. The van der Waals surface area contributed by atoms with E-state index in [1.165, 1.54) is 16.7 Å². The number of amidine groups is 1. The Morgan fingerprint density at radius 2 is 1.17 bits per heavy atom. The van der Waals surface area contributed by atoms with Crippen molar-refractivity contribution in [1.82, 2.24) is 5.32 Å². The maximum atomic E-state index is 6.72. The van der Waals surface area contributed by atoms with Gasteiger partial charge in [0, 0.05) is 27.8 Å². The van der Waals surface area contributed by atoms with Gasteiger partial charge in [-0.25, -0.2) is 4.99 Å². The number of aliphatic imine (C=N–C) groups is 1. The van der Waals surface area contributed by atoms with E-state index in [4.69, 9.17) is 9.73 Å². The predicted molar refractivity (Wildman–Crippen MR) is 195 cm³/mol. The second-order valence-corrected chi connectivity index (χ2v) is 12.3. The zero-order valence-corrected chi connectivity index (χ0v) is 26.3. The van der Waals surface area contributed by atoms with Crippen LogP contribution in [0, 0.1) is 0 Å². The molecule has 1 unspecified atom stereocenters. The fourth-order valence-electron chi connectivity index (χ4n) is 7.54. The molecule has 228 valence electrons. The Kier molecular flexibility index (Phi) is 6.76. The number of nitrogens with one attached hydrogen (secondary N) is 1. The first kappa shape index (κ1) is 28.1. The number of hydrogen-bond donors (Lipinski definition) is 1. The lowest BCUT2D eigenvalue weighted by Crippen LogP contribution is -2.39. The molecule has 1 atom stereocenters. The van der Waals surface area contributed by atoms with E-state index in [-0.39, 0.29) is 6.04 Å². The highest BCUT2D eigenvalue weighted by Gasteiger charge is 2.46. The number of ether oxygens (including phenoxy) is 1. The van der Waals surface area contributed by atoms with Crippen molar-refractivity contribution in [2.24, 2.45) is 4.99 Å². The molecule has 6 aromatic rings. The van der Waals surface area contributed by atoms with Gasteiger partial charge in [-0.15, -0.1) is 0 Å². The smallest absolute Gasteiger partial charge is 0.134 e. The summed E-state index contributed by atoms with van der Waals surface area (Å²) in [5, 5.41) is 3.63. The van der Waals surface area contributed by atoms with Crippen LogP contribution in [0.5, 0.6) is 11.5 Å². The van der Waals surface area contributed by atoms with Crippen LogP contribution >= 0.6 is 0 Å². The summed E-state index contributed by atoms with van der Waals surface area (Å²) in [5.74, 6) is 2.62. The fourth-order valence-corrected chi connectivity index (χ4v) is 7.54. The van der Waals surface area contributed by atoms with E-state index in [9.17, 15) is 0 Å². The Labute approximate surface area is 280 Å². The Morgan fingerprint density at radius 1 is 0.542 bits per heavy atom. The standard InChI is InChI=1S/C45H32N2O/c1-4-15-33(16-5-1)44-46-39-24-12-10-21-37(39)43(47-44)32-29-27-31(28-30-32)36-22-14-26-41-42(36)45(34-17-6-2-7-18-34,35-19-8-3-9-20-35)38-23-11-13-25-40(38)48-41/h1-30,39H,(H,46,47). The summed E-state index contributed by atoms with van der Waals surface area (Å²) in [5.41, 5.74) is 10.6. The average Bonchev–Trinajstić information content (AvgIpc) is 3.17. The van der Waals surface area contributed by atoms with E-state index in [2.05, 4.69) is 181 Å². The lowest BCUT2D eigenvalue weighted by Gasteiger charge is -2.42. The molecule has 6 aromatic carbocycles. The summed E-state index contributed by atoms with van der Waals surface area (Å²) in [6.45, 7) is 0. The molecule has 48 heavy (non-hydrogen) atoms. The molecule has 3 aliphatic rings. The number of hydrogen-bond acceptors (Lipinski definition) is 3. The van der Waals surface area contributed by atoms with Crippen molar-refractivity contribution in [3.05, 3.63) is 221 Å². The second-order valence-electron chi connectivity index (χ2n) is 12.3. The van der Waals surface area contributed by atoms with Gasteiger partial charge in [-0.1, -0.05) is 170 Å². The molecule has 0 bridgehead atoms. The quantitative estimate of drug-likeness (QED) is 0.209. The van der Waals surface area contributed by atoms with Crippen molar-refractivity contribution in [1.29, 1.82) is 0 Å². The molecule has 2 heterocycles. The van der Waals surface area contributed by atoms with Crippen LogP contribution in [0.2, 0.25) is 0 Å². The highest BCUT2D eigenvalue weighted by atomic mass is 16.5. The van der Waals surface area contributed by atoms with E-state index in [0.29, 0.717) is 0 Å². The van der Waals surface area contributed by atoms with Crippen molar-refractivity contribution in [2.45, 2.75) is 11.5 Å². The van der Waals surface area contributed by atoms with E-state index >= 15 is 0 Å². The highest BCUT2D eigenvalue weighted by Crippen LogP contribution is 2.57. The molecule has 3 heteroatoms. The second kappa shape index (κ2) is 11.6. The monoisotopic (exact) mass is 616 g/mol. The molecule has 0 spiro atoms. The van der Waals surface area contributed by atoms with Crippen LogP contribution in [0.25, 0.3) is 16.8 Å². The van der Waals surface area contributed by atoms with Crippen molar-refractivity contribution in [3.63, 3.8) is 0 Å². The van der Waals surface area contributed by atoms with E-state index in [1.807, 2.05) is 6.07 Å². The molecule has 0 aromatic heterocycles. The van der Waals surface area contributed by atoms with Crippen molar-refractivity contribution in [2.75, 3.05) is 0 Å². The number of fused-ring (bicyclic) bond motifs is 3. The topological polar surface area (TPSA) is 33.6 Å². The minimum atomic E-state index is -0.594. The lowest BCUT2D eigenvalue weighted by molar-refractivity contribution is 0.435. The zero-order valence-electron chi connectivity index (χ0n) is 26.3. The largest absolute Gasteiger partial charge is 0.457 e. The lowest BCUT2D eigenvalue weighted by atomic mass is 9.62. The first-order valence-electron chi connectivity index (χ1n) is 16.4. The van der Waals surface area contributed by atoms with Gasteiger partial charge in [-0.3, -0.25) is 0 Å². The molecule has 3 nitrogen and oxygen atoms in total. The zero-order chi connectivity index (χ0) is 31.9. The number of allylic oxidation sites excluding steroid dienone is 2. The number of nitrogens with zero attached hydrogens (tertiary/aromatic N) is 1. The Morgan fingerprint density at radius 3 is 1.90 bits per heavy atom. The molecule has 2 aliphatic heterocycles. The van der Waals surface area contributed by atoms with Gasteiger partial charge in [0.1, 0.15) is 17.3 Å². The summed E-state index contributed by atoms with van der Waals surface area (Å²) >= 11 is 0. The molecule has 0 radical (unpaired) electrons. The van der Waals surface area contributed by atoms with Gasteiger partial charge < -0.3 is 10.1 Å². The third-order valence-electron chi connectivity index (χ3n) is 9.66. The Balaban J connectivity index is 1.23. The molecule has 1 N–H and O–H groups in total. The van der Waals surface area contributed by atoms with Gasteiger partial charge in [-0.2, -0.15) is 0 Å². The van der Waals surface area contributed by atoms with Crippen LogP contribution in [-0.4, -0.2) is 11.9 Å². The maximum absolute atomic E-state index is 6.72. The fraction of sp³-hybridized carbons (Fsp3) is 0.0444. The van der Waals surface area contributed by atoms with Gasteiger partial charge >= 0.3 is 0 Å². The first-order chi connectivity index (χ1) is 23.8. The number of benzene rings is 6. The third-order valence-corrected chi connectivity index (χ3v) is 9.66.